The van der Waals surface area contributed by atoms with Gasteiger partial charge in [-0.3, -0.25) is 4.79 Å². The molecule has 1 aliphatic carbocycles. The van der Waals surface area contributed by atoms with Crippen LogP contribution in [0.5, 0.6) is 0 Å². The molecule has 0 fully saturated rings. The van der Waals surface area contributed by atoms with Crippen molar-refractivity contribution in [1.29, 1.82) is 0 Å². The van der Waals surface area contributed by atoms with Gasteiger partial charge in [-0.05, 0) is 37.3 Å². The van der Waals surface area contributed by atoms with E-state index in [1.165, 1.54) is 18.4 Å². The lowest BCUT2D eigenvalue weighted by atomic mass is 9.74. The van der Waals surface area contributed by atoms with E-state index in [2.05, 4.69) is 55.5 Å². The second-order valence-corrected chi connectivity index (χ2v) is 7.39. The van der Waals surface area contributed by atoms with Crippen LogP contribution in [0.4, 0.5) is 0 Å². The predicted molar refractivity (Wildman–Crippen MR) is 93.2 cm³/mol. The fourth-order valence-electron chi connectivity index (χ4n) is 3.45. The van der Waals surface area contributed by atoms with Crippen molar-refractivity contribution in [3.05, 3.63) is 47.3 Å². The summed E-state index contributed by atoms with van der Waals surface area (Å²) >= 11 is 0. The van der Waals surface area contributed by atoms with Gasteiger partial charge in [0.05, 0.1) is 23.6 Å². The molecule has 0 saturated heterocycles. The molecule has 0 aliphatic heterocycles. The number of fused-ring (bicyclic) bond motifs is 1. The Morgan fingerprint density at radius 1 is 1.38 bits per heavy atom. The van der Waals surface area contributed by atoms with Gasteiger partial charge >= 0.3 is 0 Å². The third kappa shape index (κ3) is 3.36. The number of aromatic nitrogens is 2. The molecule has 3 rings (SSSR count). The lowest BCUT2D eigenvalue weighted by Gasteiger charge is -2.36. The summed E-state index contributed by atoms with van der Waals surface area (Å²) in [5.41, 5.74) is 4.67. The predicted octanol–water partition coefficient (Wildman–Crippen LogP) is 2.96. The van der Waals surface area contributed by atoms with Gasteiger partial charge in [0.15, 0.2) is 0 Å². The minimum Gasteiger partial charge on any atom is -0.375 e. The molecular formula is C19H25N3O2. The van der Waals surface area contributed by atoms with Crippen molar-refractivity contribution in [1.82, 2.24) is 15.1 Å². The molecule has 5 nitrogen and oxygen atoms in total. The zero-order valence-corrected chi connectivity index (χ0v) is 14.8. The molecule has 5 heteroatoms. The van der Waals surface area contributed by atoms with Crippen molar-refractivity contribution >= 4 is 5.91 Å². The number of benzene rings is 1. The fraction of sp³-hybridized carbons (Fsp3) is 0.474. The summed E-state index contributed by atoms with van der Waals surface area (Å²) in [5.74, 6) is -0.0887. The normalized spacial score (nSPS) is 18.9. The van der Waals surface area contributed by atoms with E-state index in [0.29, 0.717) is 0 Å². The Labute approximate surface area is 143 Å². The third-order valence-corrected chi connectivity index (χ3v) is 4.57. The van der Waals surface area contributed by atoms with Crippen molar-refractivity contribution in [3.63, 3.8) is 0 Å². The number of carbonyl (C=O) groups is 1. The Balaban J connectivity index is 1.96. The van der Waals surface area contributed by atoms with E-state index >= 15 is 0 Å². The molecule has 1 atom stereocenters. The highest BCUT2D eigenvalue weighted by Gasteiger charge is 2.35. The van der Waals surface area contributed by atoms with Gasteiger partial charge in [0, 0.05) is 12.7 Å². The Bertz CT molecular complexity index is 732. The summed E-state index contributed by atoms with van der Waals surface area (Å²) < 4.78 is 6.94. The summed E-state index contributed by atoms with van der Waals surface area (Å²) in [6.45, 7) is 6.63. The standard InChI is InChI=1S/C19H25N3O2/c1-13-5-7-14(8-6-13)22-17-10-19(2,3)9-16(15(17)11-20-22)21-18(23)12-24-4/h5-8,11,16H,9-10,12H2,1-4H3,(H,21,23)/t16-/m0/s1. The SMILES string of the molecule is COCC(=O)N[C@H]1CC(C)(C)Cc2c1cnn2-c1ccc(C)cc1. The first kappa shape index (κ1) is 16.7. The van der Waals surface area contributed by atoms with Gasteiger partial charge < -0.3 is 10.1 Å². The summed E-state index contributed by atoms with van der Waals surface area (Å²) in [7, 11) is 1.53. The number of carbonyl (C=O) groups excluding carboxylic acids is 1. The molecule has 0 saturated carbocycles. The first-order valence-corrected chi connectivity index (χ1v) is 8.32. The Morgan fingerprint density at radius 3 is 2.75 bits per heavy atom. The molecule has 1 aliphatic rings. The van der Waals surface area contributed by atoms with E-state index in [-0.39, 0.29) is 24.0 Å². The Morgan fingerprint density at radius 2 is 2.08 bits per heavy atom. The van der Waals surface area contributed by atoms with E-state index in [9.17, 15) is 4.79 Å². The highest BCUT2D eigenvalue weighted by Crippen LogP contribution is 2.41. The minimum atomic E-state index is -0.0887. The van der Waals surface area contributed by atoms with Crippen LogP contribution in [0.25, 0.3) is 5.69 Å². The number of amides is 1. The molecular weight excluding hydrogens is 302 g/mol. The lowest BCUT2D eigenvalue weighted by Crippen LogP contribution is -2.38. The zero-order chi connectivity index (χ0) is 17.3. The van der Waals surface area contributed by atoms with Crippen LogP contribution in [0.3, 0.4) is 0 Å². The monoisotopic (exact) mass is 327 g/mol. The summed E-state index contributed by atoms with van der Waals surface area (Å²) in [6, 6.07) is 8.33. The van der Waals surface area contributed by atoms with Crippen LogP contribution >= 0.6 is 0 Å². The quantitative estimate of drug-likeness (QED) is 0.939. The van der Waals surface area contributed by atoms with Gasteiger partial charge in [-0.25, -0.2) is 4.68 Å². The van der Waals surface area contributed by atoms with E-state index in [1.54, 1.807) is 0 Å². The number of aryl methyl sites for hydroxylation is 1. The number of rotatable bonds is 4. The summed E-state index contributed by atoms with van der Waals surface area (Å²) in [5, 5.41) is 7.69. The van der Waals surface area contributed by atoms with Gasteiger partial charge in [-0.15, -0.1) is 0 Å². The number of methoxy groups -OCH3 is 1. The number of hydrogen-bond acceptors (Lipinski definition) is 3. The molecule has 1 heterocycles. The second kappa shape index (κ2) is 6.40. The van der Waals surface area contributed by atoms with Crippen LogP contribution in [0.15, 0.2) is 30.5 Å². The molecule has 0 spiro atoms. The first-order chi connectivity index (χ1) is 11.4. The van der Waals surface area contributed by atoms with Gasteiger partial charge in [0.2, 0.25) is 5.91 Å². The molecule has 2 aromatic rings. The molecule has 0 radical (unpaired) electrons. The Kier molecular flexibility index (Phi) is 4.45. The average molecular weight is 327 g/mol. The fourth-order valence-corrected chi connectivity index (χ4v) is 3.45. The third-order valence-electron chi connectivity index (χ3n) is 4.57. The van der Waals surface area contributed by atoms with Crippen molar-refractivity contribution < 1.29 is 9.53 Å². The van der Waals surface area contributed by atoms with Crippen molar-refractivity contribution in [3.8, 4) is 5.69 Å². The number of hydrogen-bond donors (Lipinski definition) is 1. The van der Waals surface area contributed by atoms with E-state index in [4.69, 9.17) is 4.74 Å². The smallest absolute Gasteiger partial charge is 0.246 e. The van der Waals surface area contributed by atoms with Crippen LogP contribution in [-0.4, -0.2) is 29.4 Å². The van der Waals surface area contributed by atoms with Crippen molar-refractivity contribution in [2.75, 3.05) is 13.7 Å². The van der Waals surface area contributed by atoms with Gasteiger partial charge in [-0.1, -0.05) is 31.5 Å². The molecule has 1 N–H and O–H groups in total. The molecule has 1 aromatic heterocycles. The van der Waals surface area contributed by atoms with Crippen molar-refractivity contribution in [2.24, 2.45) is 5.41 Å². The lowest BCUT2D eigenvalue weighted by molar-refractivity contribution is -0.125. The van der Waals surface area contributed by atoms with E-state index in [1.807, 2.05) is 10.9 Å². The highest BCUT2D eigenvalue weighted by atomic mass is 16.5. The average Bonchev–Trinajstić information content (AvgIpc) is 2.90. The molecule has 1 aromatic carbocycles. The van der Waals surface area contributed by atoms with Crippen molar-refractivity contribution in [2.45, 2.75) is 39.7 Å². The van der Waals surface area contributed by atoms with Crippen LogP contribution < -0.4 is 5.32 Å². The molecule has 0 unspecified atom stereocenters. The number of ether oxygens (including phenoxy) is 1. The largest absolute Gasteiger partial charge is 0.375 e. The summed E-state index contributed by atoms with van der Waals surface area (Å²) in [4.78, 5) is 12.0. The summed E-state index contributed by atoms with van der Waals surface area (Å²) in [6.07, 6.45) is 3.73. The van der Waals surface area contributed by atoms with Gasteiger partial charge in [0.25, 0.3) is 0 Å². The van der Waals surface area contributed by atoms with Crippen LogP contribution in [-0.2, 0) is 16.0 Å². The zero-order valence-electron chi connectivity index (χ0n) is 14.8. The number of nitrogens with one attached hydrogen (secondary N) is 1. The maximum atomic E-state index is 12.0. The van der Waals surface area contributed by atoms with Crippen LogP contribution in [0, 0.1) is 12.3 Å². The molecule has 1 amide bonds. The minimum absolute atomic E-state index is 0.0226. The van der Waals surface area contributed by atoms with Crippen LogP contribution in [0.1, 0.15) is 43.1 Å². The molecule has 128 valence electrons. The maximum absolute atomic E-state index is 12.0. The molecule has 0 bridgehead atoms. The second-order valence-electron chi connectivity index (χ2n) is 7.39. The van der Waals surface area contributed by atoms with Gasteiger partial charge in [0.1, 0.15) is 6.61 Å². The molecule has 24 heavy (non-hydrogen) atoms. The topological polar surface area (TPSA) is 56.1 Å². The van der Waals surface area contributed by atoms with E-state index in [0.717, 1.165) is 24.1 Å². The van der Waals surface area contributed by atoms with E-state index < -0.39 is 0 Å². The number of nitrogens with zero attached hydrogens (tertiary/aromatic N) is 2. The first-order valence-electron chi connectivity index (χ1n) is 8.32. The maximum Gasteiger partial charge on any atom is 0.246 e. The van der Waals surface area contributed by atoms with Gasteiger partial charge in [-0.2, -0.15) is 5.10 Å². The highest BCUT2D eigenvalue weighted by molar-refractivity contribution is 5.77. The Hall–Kier alpha value is -2.14. The van der Waals surface area contributed by atoms with Crippen LogP contribution in [0.2, 0.25) is 0 Å².